The molecule has 1 aromatic heterocycles. The number of carbonyl (C=O) groups excluding carboxylic acids is 3. The van der Waals surface area contributed by atoms with Crippen molar-refractivity contribution in [3.05, 3.63) is 82.4 Å². The molecule has 4 aromatic rings. The predicted molar refractivity (Wildman–Crippen MR) is 213 cm³/mol. The zero-order valence-corrected chi connectivity index (χ0v) is 35.4. The first-order chi connectivity index (χ1) is 26.6. The summed E-state index contributed by atoms with van der Waals surface area (Å²) in [7, 11) is -2.25. The Morgan fingerprint density at radius 3 is 2.32 bits per heavy atom. The fourth-order valence-electron chi connectivity index (χ4n) is 6.72. The number of aryl methyl sites for hydroxylation is 3. The summed E-state index contributed by atoms with van der Waals surface area (Å²) in [6.45, 7) is 17.3. The Morgan fingerprint density at radius 1 is 0.982 bits per heavy atom. The van der Waals surface area contributed by atoms with Crippen molar-refractivity contribution >= 4 is 39.2 Å². The van der Waals surface area contributed by atoms with Crippen molar-refractivity contribution in [2.75, 3.05) is 13.2 Å². The highest BCUT2D eigenvalue weighted by Crippen LogP contribution is 2.38. The van der Waals surface area contributed by atoms with Gasteiger partial charge in [0.15, 0.2) is 6.04 Å². The lowest BCUT2D eigenvalue weighted by atomic mass is 9.81. The van der Waals surface area contributed by atoms with Crippen molar-refractivity contribution in [1.29, 1.82) is 0 Å². The van der Waals surface area contributed by atoms with Crippen LogP contribution in [0, 0.1) is 13.8 Å². The van der Waals surface area contributed by atoms with Gasteiger partial charge in [0, 0.05) is 19.5 Å². The van der Waals surface area contributed by atoms with Crippen molar-refractivity contribution in [2.24, 2.45) is 7.05 Å². The Morgan fingerprint density at radius 2 is 1.67 bits per heavy atom. The first kappa shape index (κ1) is 42.9. The third kappa shape index (κ3) is 9.67. The van der Waals surface area contributed by atoms with Crippen LogP contribution in [0.15, 0.2) is 59.5 Å². The van der Waals surface area contributed by atoms with Crippen LogP contribution in [-0.4, -0.2) is 87.4 Å². The van der Waals surface area contributed by atoms with Crippen LogP contribution in [0.1, 0.15) is 95.5 Å². The smallest absolute Gasteiger partial charge is 0.430 e. The van der Waals surface area contributed by atoms with Crippen LogP contribution in [0.4, 0.5) is 9.59 Å². The minimum absolute atomic E-state index is 0.0267. The van der Waals surface area contributed by atoms with E-state index < -0.39 is 57.4 Å². The third-order valence-electron chi connectivity index (χ3n) is 9.44. The standard InChI is InChI=1S/C41H54N6O9S/c1-12-29-24-46(57(51,52)33-17-15-14-16-32(33)54-29)23-28-22-27(19-18-25(28)3)34(30-20-21-31-35(26(30)4)42-44-45(31)11)36(37(48)53-13-2)47(39(50)56-41(8,9)10)43-38(49)55-40(5,6)7/h14-22,29,34,36H,12-13,23-24H2,1-11H3,(H,43,49)/t29-,34?,36?/m1/s1. The van der Waals surface area contributed by atoms with Gasteiger partial charge < -0.3 is 18.9 Å². The molecule has 0 radical (unpaired) electrons. The molecule has 1 aliphatic rings. The number of rotatable bonds is 9. The minimum Gasteiger partial charge on any atom is -0.488 e. The number of nitrogens with one attached hydrogen (secondary N) is 1. The van der Waals surface area contributed by atoms with Gasteiger partial charge in [0.25, 0.3) is 0 Å². The Kier molecular flexibility index (Phi) is 12.6. The molecule has 0 spiro atoms. The largest absolute Gasteiger partial charge is 0.488 e. The van der Waals surface area contributed by atoms with E-state index in [1.165, 1.54) is 10.4 Å². The molecule has 0 saturated carbocycles. The molecule has 2 heterocycles. The van der Waals surface area contributed by atoms with Gasteiger partial charge in [-0.2, -0.15) is 4.31 Å². The molecule has 308 valence electrons. The van der Waals surface area contributed by atoms with Crippen molar-refractivity contribution < 1.29 is 41.7 Å². The molecule has 0 fully saturated rings. The molecular weight excluding hydrogens is 753 g/mol. The minimum atomic E-state index is -4.01. The summed E-state index contributed by atoms with van der Waals surface area (Å²) in [5, 5.41) is 9.42. The number of amides is 2. The molecule has 2 amide bonds. The Bertz CT molecular complexity index is 2240. The summed E-state index contributed by atoms with van der Waals surface area (Å²) in [4.78, 5) is 42.3. The summed E-state index contributed by atoms with van der Waals surface area (Å²) in [5.74, 6) is -1.60. The van der Waals surface area contributed by atoms with Crippen LogP contribution < -0.4 is 10.2 Å². The van der Waals surface area contributed by atoms with E-state index in [2.05, 4.69) is 15.7 Å². The number of hydrogen-bond acceptors (Lipinski definition) is 11. The molecule has 1 N–H and O–H groups in total. The molecule has 2 unspecified atom stereocenters. The highest BCUT2D eigenvalue weighted by atomic mass is 32.2. The lowest BCUT2D eigenvalue weighted by Crippen LogP contribution is -2.59. The van der Waals surface area contributed by atoms with Crippen LogP contribution in [-0.2, 0) is 42.6 Å². The molecule has 57 heavy (non-hydrogen) atoms. The predicted octanol–water partition coefficient (Wildman–Crippen LogP) is 6.69. The quantitative estimate of drug-likeness (QED) is 0.109. The van der Waals surface area contributed by atoms with Crippen LogP contribution in [0.3, 0.4) is 0 Å². The Hall–Kier alpha value is -5.22. The van der Waals surface area contributed by atoms with E-state index in [9.17, 15) is 22.8 Å². The molecule has 3 atom stereocenters. The zero-order valence-electron chi connectivity index (χ0n) is 34.6. The molecule has 0 saturated heterocycles. The fourth-order valence-corrected chi connectivity index (χ4v) is 8.29. The number of para-hydroxylation sites is 1. The molecule has 3 aromatic carbocycles. The number of carbonyl (C=O) groups is 3. The summed E-state index contributed by atoms with van der Waals surface area (Å²) in [6.07, 6.45) is -1.89. The average molecular weight is 807 g/mol. The zero-order chi connectivity index (χ0) is 42.0. The molecule has 0 bridgehead atoms. The van der Waals surface area contributed by atoms with Gasteiger partial charge in [0.05, 0.1) is 18.7 Å². The van der Waals surface area contributed by atoms with Crippen molar-refractivity contribution in [1.82, 2.24) is 29.7 Å². The van der Waals surface area contributed by atoms with Gasteiger partial charge in [0.1, 0.15) is 33.5 Å². The summed E-state index contributed by atoms with van der Waals surface area (Å²) < 4.78 is 54.6. The van der Waals surface area contributed by atoms with Gasteiger partial charge in [-0.05, 0) is 115 Å². The third-order valence-corrected chi connectivity index (χ3v) is 11.3. The first-order valence-electron chi connectivity index (χ1n) is 19.0. The maximum absolute atomic E-state index is 14.5. The lowest BCUT2D eigenvalue weighted by Gasteiger charge is -2.37. The number of hydrogen-bond donors (Lipinski definition) is 1. The van der Waals surface area contributed by atoms with Gasteiger partial charge in [-0.1, -0.05) is 48.5 Å². The molecule has 5 rings (SSSR count). The van der Waals surface area contributed by atoms with E-state index in [4.69, 9.17) is 18.9 Å². The number of nitrogens with zero attached hydrogens (tertiary/aromatic N) is 5. The second kappa shape index (κ2) is 16.7. The number of fused-ring (bicyclic) bond motifs is 2. The fraction of sp³-hybridized carbons (Fsp3) is 0.488. The molecule has 16 heteroatoms. The van der Waals surface area contributed by atoms with Crippen LogP contribution >= 0.6 is 0 Å². The van der Waals surface area contributed by atoms with Gasteiger partial charge >= 0.3 is 18.2 Å². The number of sulfonamides is 1. The molecular formula is C41H54N6O9S. The van der Waals surface area contributed by atoms with Crippen LogP contribution in [0.5, 0.6) is 5.75 Å². The van der Waals surface area contributed by atoms with E-state index in [0.29, 0.717) is 39.9 Å². The number of ether oxygens (including phenoxy) is 4. The molecule has 0 aliphatic carbocycles. The van der Waals surface area contributed by atoms with Crippen LogP contribution in [0.25, 0.3) is 11.0 Å². The van der Waals surface area contributed by atoms with Crippen molar-refractivity contribution in [2.45, 2.75) is 116 Å². The monoisotopic (exact) mass is 806 g/mol. The Balaban J connectivity index is 1.74. The van der Waals surface area contributed by atoms with E-state index in [0.717, 1.165) is 16.1 Å². The number of aromatic nitrogens is 3. The van der Waals surface area contributed by atoms with Crippen molar-refractivity contribution in [3.63, 3.8) is 0 Å². The highest BCUT2D eigenvalue weighted by molar-refractivity contribution is 7.89. The molecule has 1 aliphatic heterocycles. The van der Waals surface area contributed by atoms with E-state index in [1.807, 2.05) is 45.0 Å². The molecule has 15 nitrogen and oxygen atoms in total. The van der Waals surface area contributed by atoms with Gasteiger partial charge in [0.2, 0.25) is 10.0 Å². The SMILES string of the molecule is CCOC(=O)C(C(c1ccc(C)c(CN2C[C@@H](CC)Oc3ccccc3S2(=O)=O)c1)c1ccc2c(nnn2C)c1C)N(NC(=O)OC(C)(C)C)C(=O)OC(C)(C)C. The first-order valence-corrected chi connectivity index (χ1v) is 20.4. The van der Waals surface area contributed by atoms with Crippen molar-refractivity contribution in [3.8, 4) is 5.75 Å². The summed E-state index contributed by atoms with van der Waals surface area (Å²) >= 11 is 0. The lowest BCUT2D eigenvalue weighted by molar-refractivity contribution is -0.151. The van der Waals surface area contributed by atoms with E-state index in [-0.39, 0.29) is 24.6 Å². The van der Waals surface area contributed by atoms with E-state index >= 15 is 0 Å². The summed E-state index contributed by atoms with van der Waals surface area (Å²) in [6, 6.07) is 14.1. The topological polar surface area (TPSA) is 171 Å². The maximum atomic E-state index is 14.5. The Labute approximate surface area is 334 Å². The highest BCUT2D eigenvalue weighted by Gasteiger charge is 2.44. The average Bonchev–Trinajstić information content (AvgIpc) is 3.45. The van der Waals surface area contributed by atoms with Gasteiger partial charge in [-0.3, -0.25) is 0 Å². The second-order valence-electron chi connectivity index (χ2n) is 16.1. The van der Waals surface area contributed by atoms with E-state index in [1.54, 1.807) is 84.5 Å². The van der Waals surface area contributed by atoms with Gasteiger partial charge in [-0.25, -0.2) is 37.9 Å². The number of benzene rings is 3. The van der Waals surface area contributed by atoms with Crippen LogP contribution in [0.2, 0.25) is 0 Å². The number of esters is 1. The number of hydrazine groups is 1. The van der Waals surface area contributed by atoms with Gasteiger partial charge in [-0.15, -0.1) is 5.10 Å². The normalized spacial score (nSPS) is 16.7. The second-order valence-corrected chi connectivity index (χ2v) is 18.0. The summed E-state index contributed by atoms with van der Waals surface area (Å²) in [5.41, 5.74) is 4.93. The maximum Gasteiger partial charge on any atom is 0.430 e.